The second-order valence-electron chi connectivity index (χ2n) is 5.03. The molecular weight excluding hydrogens is 242 g/mol. The fraction of sp³-hybridized carbons (Fsp3) is 0.429. The van der Waals surface area contributed by atoms with Crippen LogP contribution in [0.2, 0.25) is 0 Å². The summed E-state index contributed by atoms with van der Waals surface area (Å²) in [4.78, 5) is 23.2. The van der Waals surface area contributed by atoms with Gasteiger partial charge in [0, 0.05) is 18.2 Å². The van der Waals surface area contributed by atoms with E-state index in [0.717, 1.165) is 16.8 Å². The summed E-state index contributed by atoms with van der Waals surface area (Å²) in [7, 11) is 0. The smallest absolute Gasteiger partial charge is 0.240 e. The lowest BCUT2D eigenvalue weighted by Crippen LogP contribution is -2.42. The summed E-state index contributed by atoms with van der Waals surface area (Å²) in [6, 6.07) is 5.94. The quantitative estimate of drug-likeness (QED) is 0.864. The minimum Gasteiger partial charge on any atom is -0.324 e. The molecule has 0 saturated carbocycles. The Morgan fingerprint density at radius 1 is 1.42 bits per heavy atom. The minimum atomic E-state index is -0.119. The maximum absolute atomic E-state index is 12.0. The van der Waals surface area contributed by atoms with Crippen LogP contribution in [0.1, 0.15) is 24.5 Å². The molecule has 1 heterocycles. The number of aryl methyl sites for hydroxylation is 2. The van der Waals surface area contributed by atoms with E-state index in [1.807, 2.05) is 39.0 Å². The zero-order chi connectivity index (χ0) is 14.0. The van der Waals surface area contributed by atoms with Gasteiger partial charge in [-0.05, 0) is 31.9 Å². The molecule has 0 aliphatic carbocycles. The number of hydrogen-bond donors (Lipinski definition) is 2. The summed E-state index contributed by atoms with van der Waals surface area (Å²) < 4.78 is 0. The van der Waals surface area contributed by atoms with E-state index in [4.69, 9.17) is 0 Å². The summed E-state index contributed by atoms with van der Waals surface area (Å²) in [6.45, 7) is 6.01. The van der Waals surface area contributed by atoms with Gasteiger partial charge in [0.25, 0.3) is 0 Å². The maximum atomic E-state index is 12.0. The molecule has 1 aliphatic heterocycles. The van der Waals surface area contributed by atoms with Crippen molar-refractivity contribution in [2.24, 2.45) is 0 Å². The zero-order valence-corrected chi connectivity index (χ0v) is 11.5. The van der Waals surface area contributed by atoms with Crippen LogP contribution in [0.25, 0.3) is 0 Å². The summed E-state index contributed by atoms with van der Waals surface area (Å²) in [5.74, 6) is -0.154. The van der Waals surface area contributed by atoms with Crippen molar-refractivity contribution in [3.8, 4) is 0 Å². The Morgan fingerprint density at radius 3 is 2.58 bits per heavy atom. The van der Waals surface area contributed by atoms with Gasteiger partial charge in [-0.2, -0.15) is 0 Å². The molecule has 0 radical (unpaired) electrons. The Morgan fingerprint density at radius 2 is 2.05 bits per heavy atom. The number of rotatable bonds is 3. The number of hydrogen-bond acceptors (Lipinski definition) is 3. The summed E-state index contributed by atoms with van der Waals surface area (Å²) >= 11 is 0. The largest absolute Gasteiger partial charge is 0.324 e. The zero-order valence-electron chi connectivity index (χ0n) is 11.5. The molecule has 19 heavy (non-hydrogen) atoms. The number of nitrogens with zero attached hydrogens (tertiary/aromatic N) is 1. The minimum absolute atomic E-state index is 0.0348. The molecule has 0 bridgehead atoms. The van der Waals surface area contributed by atoms with Crippen molar-refractivity contribution in [2.75, 3.05) is 11.9 Å². The lowest BCUT2D eigenvalue weighted by Gasteiger charge is -2.20. The highest BCUT2D eigenvalue weighted by Crippen LogP contribution is 2.19. The lowest BCUT2D eigenvalue weighted by atomic mass is 10.1. The lowest BCUT2D eigenvalue weighted by molar-refractivity contribution is -0.122. The van der Waals surface area contributed by atoms with Gasteiger partial charge in [0.05, 0.1) is 6.54 Å². The molecule has 1 atom stereocenters. The molecule has 1 fully saturated rings. The standard InChI is InChI=1S/C14H19N3O2/c1-9-5-4-6-10(2)14(9)15-13(19)8-17-11(3)7-12(18)16-17/h4-6,11H,7-8H2,1-3H3,(H,15,19)(H,16,18)/t11-/m1/s1. The third kappa shape index (κ3) is 3.12. The number of amides is 2. The Bertz CT molecular complexity index is 493. The van der Waals surface area contributed by atoms with Crippen LogP contribution >= 0.6 is 0 Å². The Hall–Kier alpha value is -1.88. The van der Waals surface area contributed by atoms with Gasteiger partial charge in [-0.1, -0.05) is 18.2 Å². The van der Waals surface area contributed by atoms with Crippen LogP contribution in [0.15, 0.2) is 18.2 Å². The average molecular weight is 261 g/mol. The van der Waals surface area contributed by atoms with Crippen LogP contribution in [0.5, 0.6) is 0 Å². The molecule has 2 amide bonds. The van der Waals surface area contributed by atoms with Crippen LogP contribution in [-0.2, 0) is 9.59 Å². The highest BCUT2D eigenvalue weighted by atomic mass is 16.2. The van der Waals surface area contributed by atoms with Gasteiger partial charge in [-0.25, -0.2) is 5.01 Å². The molecule has 1 aromatic carbocycles. The van der Waals surface area contributed by atoms with E-state index in [-0.39, 0.29) is 24.4 Å². The van der Waals surface area contributed by atoms with Crippen LogP contribution in [-0.4, -0.2) is 29.4 Å². The first kappa shape index (κ1) is 13.5. The number of carbonyl (C=O) groups is 2. The van der Waals surface area contributed by atoms with Gasteiger partial charge < -0.3 is 5.32 Å². The average Bonchev–Trinajstić information content (AvgIpc) is 2.63. The third-order valence-electron chi connectivity index (χ3n) is 3.34. The van der Waals surface area contributed by atoms with Crippen molar-refractivity contribution < 1.29 is 9.59 Å². The summed E-state index contributed by atoms with van der Waals surface area (Å²) in [5, 5.41) is 4.58. The molecule has 0 unspecified atom stereocenters. The Kier molecular flexibility index (Phi) is 3.85. The maximum Gasteiger partial charge on any atom is 0.240 e. The summed E-state index contributed by atoms with van der Waals surface area (Å²) in [5.41, 5.74) is 5.60. The molecule has 5 nitrogen and oxygen atoms in total. The molecule has 1 saturated heterocycles. The van der Waals surface area contributed by atoms with Crippen molar-refractivity contribution in [2.45, 2.75) is 33.2 Å². The topological polar surface area (TPSA) is 61.4 Å². The first-order valence-corrected chi connectivity index (χ1v) is 6.39. The van der Waals surface area contributed by atoms with Gasteiger partial charge in [-0.15, -0.1) is 0 Å². The molecule has 2 N–H and O–H groups in total. The fourth-order valence-electron chi connectivity index (χ4n) is 2.24. The molecule has 1 aliphatic rings. The SMILES string of the molecule is Cc1cccc(C)c1NC(=O)CN1NC(=O)C[C@H]1C. The van der Waals surface area contributed by atoms with Gasteiger partial charge >= 0.3 is 0 Å². The van der Waals surface area contributed by atoms with Crippen LogP contribution < -0.4 is 10.7 Å². The third-order valence-corrected chi connectivity index (χ3v) is 3.34. The first-order chi connectivity index (χ1) is 8.97. The molecule has 5 heteroatoms. The van der Waals surface area contributed by atoms with Crippen LogP contribution in [0, 0.1) is 13.8 Å². The van der Waals surface area contributed by atoms with Gasteiger partial charge in [0.2, 0.25) is 11.8 Å². The normalized spacial score (nSPS) is 19.3. The molecule has 102 valence electrons. The van der Waals surface area contributed by atoms with Crippen molar-refractivity contribution >= 4 is 17.5 Å². The number of hydrazine groups is 1. The highest BCUT2D eigenvalue weighted by molar-refractivity contribution is 5.94. The van der Waals surface area contributed by atoms with E-state index in [1.165, 1.54) is 0 Å². The van der Waals surface area contributed by atoms with E-state index in [1.54, 1.807) is 5.01 Å². The van der Waals surface area contributed by atoms with E-state index in [2.05, 4.69) is 10.7 Å². The number of benzene rings is 1. The second kappa shape index (κ2) is 5.40. The monoisotopic (exact) mass is 261 g/mol. The molecule has 2 rings (SSSR count). The van der Waals surface area contributed by atoms with Gasteiger partial charge in [0.1, 0.15) is 0 Å². The van der Waals surface area contributed by atoms with E-state index >= 15 is 0 Å². The highest BCUT2D eigenvalue weighted by Gasteiger charge is 2.27. The van der Waals surface area contributed by atoms with E-state index in [0.29, 0.717) is 6.42 Å². The first-order valence-electron chi connectivity index (χ1n) is 6.39. The molecule has 0 spiro atoms. The van der Waals surface area contributed by atoms with Gasteiger partial charge in [0.15, 0.2) is 0 Å². The van der Waals surface area contributed by atoms with Crippen LogP contribution in [0.3, 0.4) is 0 Å². The number of carbonyl (C=O) groups excluding carboxylic acids is 2. The second-order valence-corrected chi connectivity index (χ2v) is 5.03. The van der Waals surface area contributed by atoms with Gasteiger partial charge in [-0.3, -0.25) is 15.0 Å². The molecular formula is C14H19N3O2. The predicted octanol–water partition coefficient (Wildman–Crippen LogP) is 1.37. The predicted molar refractivity (Wildman–Crippen MR) is 73.5 cm³/mol. The fourth-order valence-corrected chi connectivity index (χ4v) is 2.24. The van der Waals surface area contributed by atoms with Crippen molar-refractivity contribution in [1.29, 1.82) is 0 Å². The van der Waals surface area contributed by atoms with E-state index in [9.17, 15) is 9.59 Å². The van der Waals surface area contributed by atoms with Crippen molar-refractivity contribution in [1.82, 2.24) is 10.4 Å². The molecule has 1 aromatic rings. The summed E-state index contributed by atoms with van der Waals surface area (Å²) in [6.07, 6.45) is 0.441. The van der Waals surface area contributed by atoms with Crippen molar-refractivity contribution in [3.63, 3.8) is 0 Å². The van der Waals surface area contributed by atoms with E-state index < -0.39 is 0 Å². The van der Waals surface area contributed by atoms with Crippen molar-refractivity contribution in [3.05, 3.63) is 29.3 Å². The molecule has 0 aromatic heterocycles. The number of nitrogens with one attached hydrogen (secondary N) is 2. The van der Waals surface area contributed by atoms with Crippen LogP contribution in [0.4, 0.5) is 5.69 Å². The Balaban J connectivity index is 2.00. The Labute approximate surface area is 112 Å². The number of anilines is 1. The number of para-hydroxylation sites is 1.